The van der Waals surface area contributed by atoms with Crippen molar-refractivity contribution in [3.8, 4) is 0 Å². The summed E-state index contributed by atoms with van der Waals surface area (Å²) in [6.07, 6.45) is 0.370. The molecule has 1 aromatic rings. The van der Waals surface area contributed by atoms with Crippen LogP contribution in [0.2, 0.25) is 0 Å². The molecule has 0 spiro atoms. The average molecular weight is 229 g/mol. The fourth-order valence-corrected chi connectivity index (χ4v) is 1.29. The van der Waals surface area contributed by atoms with Crippen molar-refractivity contribution in [3.63, 3.8) is 0 Å². The SMILES string of the molecule is CCCC(=O)c1c(F)ccc([N+](=O)[O-])c1F. The summed E-state index contributed by atoms with van der Waals surface area (Å²) >= 11 is 0. The second-order valence-corrected chi connectivity index (χ2v) is 3.19. The van der Waals surface area contributed by atoms with Gasteiger partial charge in [0, 0.05) is 12.5 Å². The topological polar surface area (TPSA) is 60.2 Å². The molecule has 0 fully saturated rings. The fourth-order valence-electron chi connectivity index (χ4n) is 1.29. The van der Waals surface area contributed by atoms with E-state index in [2.05, 4.69) is 0 Å². The van der Waals surface area contributed by atoms with Gasteiger partial charge in [-0.1, -0.05) is 6.92 Å². The van der Waals surface area contributed by atoms with Crippen LogP contribution in [-0.4, -0.2) is 10.7 Å². The van der Waals surface area contributed by atoms with Gasteiger partial charge < -0.3 is 0 Å². The van der Waals surface area contributed by atoms with Crippen molar-refractivity contribution >= 4 is 11.5 Å². The summed E-state index contributed by atoms with van der Waals surface area (Å²) in [5, 5.41) is 10.4. The molecular weight excluding hydrogens is 220 g/mol. The Morgan fingerprint density at radius 2 is 2.06 bits per heavy atom. The first-order valence-corrected chi connectivity index (χ1v) is 4.64. The molecule has 0 unspecified atom stereocenters. The number of ketones is 1. The lowest BCUT2D eigenvalue weighted by molar-refractivity contribution is -0.387. The van der Waals surface area contributed by atoms with Crippen LogP contribution in [0, 0.1) is 21.7 Å². The number of carbonyl (C=O) groups is 1. The molecule has 1 rings (SSSR count). The van der Waals surface area contributed by atoms with Crippen LogP contribution in [0.5, 0.6) is 0 Å². The fraction of sp³-hybridized carbons (Fsp3) is 0.300. The predicted molar refractivity (Wildman–Crippen MR) is 52.3 cm³/mol. The largest absolute Gasteiger partial charge is 0.305 e. The Labute approximate surface area is 90.0 Å². The number of Topliss-reactive ketones (excluding diaryl/α,β-unsaturated/α-hetero) is 1. The molecule has 1 aromatic carbocycles. The Morgan fingerprint density at radius 3 is 2.56 bits per heavy atom. The number of rotatable bonds is 4. The molecule has 16 heavy (non-hydrogen) atoms. The summed E-state index contributed by atoms with van der Waals surface area (Å²) in [6.45, 7) is 1.67. The van der Waals surface area contributed by atoms with Gasteiger partial charge in [-0.3, -0.25) is 14.9 Å². The minimum atomic E-state index is -1.40. The number of hydrogen-bond donors (Lipinski definition) is 0. The first-order valence-electron chi connectivity index (χ1n) is 4.64. The van der Waals surface area contributed by atoms with Gasteiger partial charge in [0.15, 0.2) is 5.78 Å². The van der Waals surface area contributed by atoms with E-state index in [-0.39, 0.29) is 6.42 Å². The van der Waals surface area contributed by atoms with Gasteiger partial charge in [-0.2, -0.15) is 4.39 Å². The predicted octanol–water partition coefficient (Wildman–Crippen LogP) is 2.86. The molecule has 0 aliphatic carbocycles. The molecule has 0 amide bonds. The molecule has 0 atom stereocenters. The van der Waals surface area contributed by atoms with E-state index in [4.69, 9.17) is 0 Å². The van der Waals surface area contributed by atoms with Gasteiger partial charge >= 0.3 is 5.69 Å². The van der Waals surface area contributed by atoms with E-state index in [0.717, 1.165) is 6.07 Å². The van der Waals surface area contributed by atoms with Crippen molar-refractivity contribution in [3.05, 3.63) is 39.4 Å². The Hall–Kier alpha value is -1.85. The molecule has 0 N–H and O–H groups in total. The molecule has 0 heterocycles. The molecule has 0 radical (unpaired) electrons. The zero-order chi connectivity index (χ0) is 12.3. The van der Waals surface area contributed by atoms with Gasteiger partial charge in [0.1, 0.15) is 5.82 Å². The number of halogens is 2. The maximum Gasteiger partial charge on any atom is 0.305 e. The molecule has 4 nitrogen and oxygen atoms in total. The summed E-state index contributed by atoms with van der Waals surface area (Å²) in [7, 11) is 0. The zero-order valence-electron chi connectivity index (χ0n) is 8.50. The molecule has 0 saturated carbocycles. The Morgan fingerprint density at radius 1 is 1.44 bits per heavy atom. The average Bonchev–Trinajstić information content (AvgIpc) is 2.17. The lowest BCUT2D eigenvalue weighted by Gasteiger charge is -2.03. The quantitative estimate of drug-likeness (QED) is 0.453. The molecule has 0 saturated heterocycles. The minimum Gasteiger partial charge on any atom is -0.294 e. The van der Waals surface area contributed by atoms with Crippen LogP contribution in [0.3, 0.4) is 0 Å². The first kappa shape index (κ1) is 12.2. The highest BCUT2D eigenvalue weighted by molar-refractivity contribution is 5.97. The molecule has 0 aromatic heterocycles. The van der Waals surface area contributed by atoms with Crippen LogP contribution >= 0.6 is 0 Å². The highest BCUT2D eigenvalue weighted by Crippen LogP contribution is 2.24. The van der Waals surface area contributed by atoms with E-state index in [1.807, 2.05) is 0 Å². The van der Waals surface area contributed by atoms with E-state index < -0.39 is 33.6 Å². The highest BCUT2D eigenvalue weighted by atomic mass is 19.1. The first-order chi connectivity index (χ1) is 7.49. The van der Waals surface area contributed by atoms with Crippen LogP contribution in [0.15, 0.2) is 12.1 Å². The highest BCUT2D eigenvalue weighted by Gasteiger charge is 2.25. The van der Waals surface area contributed by atoms with E-state index in [1.165, 1.54) is 0 Å². The molecule has 0 aliphatic rings. The van der Waals surface area contributed by atoms with Gasteiger partial charge in [0.2, 0.25) is 5.82 Å². The monoisotopic (exact) mass is 229 g/mol. The lowest BCUT2D eigenvalue weighted by Crippen LogP contribution is -2.08. The number of carbonyl (C=O) groups excluding carboxylic acids is 1. The van der Waals surface area contributed by atoms with Crippen molar-refractivity contribution in [2.75, 3.05) is 0 Å². The maximum absolute atomic E-state index is 13.5. The summed E-state index contributed by atoms with van der Waals surface area (Å²) in [5.74, 6) is -3.23. The summed E-state index contributed by atoms with van der Waals surface area (Å²) in [4.78, 5) is 20.8. The normalized spacial score (nSPS) is 10.2. The molecule has 6 heteroatoms. The number of nitrogens with zero attached hydrogens (tertiary/aromatic N) is 1. The van der Waals surface area contributed by atoms with Crippen LogP contribution in [0.25, 0.3) is 0 Å². The van der Waals surface area contributed by atoms with Crippen molar-refractivity contribution in [2.24, 2.45) is 0 Å². The summed E-state index contributed by atoms with van der Waals surface area (Å²) < 4.78 is 26.6. The maximum atomic E-state index is 13.5. The Balaban J connectivity index is 3.31. The number of hydrogen-bond acceptors (Lipinski definition) is 3. The second kappa shape index (κ2) is 4.78. The van der Waals surface area contributed by atoms with Gasteiger partial charge in [-0.15, -0.1) is 0 Å². The van der Waals surface area contributed by atoms with E-state index in [9.17, 15) is 23.7 Å². The number of nitro benzene ring substituents is 1. The minimum absolute atomic E-state index is 0.0466. The van der Waals surface area contributed by atoms with Crippen molar-refractivity contribution in [1.29, 1.82) is 0 Å². The summed E-state index contributed by atoms with van der Waals surface area (Å²) in [6, 6.07) is 1.43. The lowest BCUT2D eigenvalue weighted by atomic mass is 10.0. The van der Waals surface area contributed by atoms with Gasteiger partial charge in [-0.05, 0) is 12.5 Å². The van der Waals surface area contributed by atoms with E-state index in [0.29, 0.717) is 12.5 Å². The van der Waals surface area contributed by atoms with Crippen LogP contribution < -0.4 is 0 Å². The molecular formula is C10H9F2NO3. The third kappa shape index (κ3) is 2.21. The number of nitro groups is 1. The Bertz CT molecular complexity index is 446. The standard InChI is InChI=1S/C10H9F2NO3/c1-2-3-8(14)9-6(11)4-5-7(10(9)12)13(15)16/h4-5H,2-3H2,1H3. The molecule has 0 bridgehead atoms. The number of benzene rings is 1. The third-order valence-corrected chi connectivity index (χ3v) is 2.02. The van der Waals surface area contributed by atoms with E-state index in [1.54, 1.807) is 6.92 Å². The molecule has 86 valence electrons. The second-order valence-electron chi connectivity index (χ2n) is 3.19. The molecule has 0 aliphatic heterocycles. The third-order valence-electron chi connectivity index (χ3n) is 2.02. The van der Waals surface area contributed by atoms with Gasteiger partial charge in [0.05, 0.1) is 10.5 Å². The van der Waals surface area contributed by atoms with Crippen molar-refractivity contribution in [2.45, 2.75) is 19.8 Å². The van der Waals surface area contributed by atoms with Gasteiger partial charge in [0.25, 0.3) is 0 Å². The van der Waals surface area contributed by atoms with Crippen LogP contribution in [-0.2, 0) is 0 Å². The van der Waals surface area contributed by atoms with Crippen molar-refractivity contribution in [1.82, 2.24) is 0 Å². The Kier molecular flexibility index (Phi) is 3.65. The summed E-state index contributed by atoms with van der Waals surface area (Å²) in [5.41, 5.74) is -1.71. The van der Waals surface area contributed by atoms with Crippen molar-refractivity contribution < 1.29 is 18.5 Å². The smallest absolute Gasteiger partial charge is 0.294 e. The zero-order valence-corrected chi connectivity index (χ0v) is 8.50. The van der Waals surface area contributed by atoms with Crippen LogP contribution in [0.4, 0.5) is 14.5 Å². The van der Waals surface area contributed by atoms with Gasteiger partial charge in [-0.25, -0.2) is 4.39 Å². The van der Waals surface area contributed by atoms with E-state index >= 15 is 0 Å². The van der Waals surface area contributed by atoms with Crippen LogP contribution in [0.1, 0.15) is 30.1 Å².